The zero-order valence-electron chi connectivity index (χ0n) is 11.9. The lowest BCUT2D eigenvalue weighted by atomic mass is 10.1. The van der Waals surface area contributed by atoms with Crippen LogP contribution in [0.2, 0.25) is 0 Å². The normalized spacial score (nSPS) is 19.9. The van der Waals surface area contributed by atoms with Gasteiger partial charge in [0.2, 0.25) is 0 Å². The number of aromatic nitrogens is 1. The van der Waals surface area contributed by atoms with Gasteiger partial charge in [-0.25, -0.2) is 9.78 Å². The summed E-state index contributed by atoms with van der Waals surface area (Å²) in [5.74, 6) is -1.40. The standard InChI is InChI=1S/C13H19N3O3S/c1-8(17)11-10(12(18)19)14-13(20-11)16(3)9-5-4-6-15(2)7-9/h9H,4-7H2,1-3H3,(H,18,19). The minimum Gasteiger partial charge on any atom is -0.476 e. The minimum atomic E-state index is -1.15. The second-order valence-electron chi connectivity index (χ2n) is 5.20. The average Bonchev–Trinajstić information content (AvgIpc) is 2.83. The molecule has 0 spiro atoms. The van der Waals surface area contributed by atoms with E-state index in [0.717, 1.165) is 37.3 Å². The molecule has 110 valence electrons. The van der Waals surface area contributed by atoms with Crippen LogP contribution in [0.15, 0.2) is 0 Å². The second kappa shape index (κ2) is 5.88. The van der Waals surface area contributed by atoms with Gasteiger partial charge in [-0.3, -0.25) is 4.79 Å². The number of rotatable bonds is 4. The predicted molar refractivity (Wildman–Crippen MR) is 78.0 cm³/mol. The van der Waals surface area contributed by atoms with E-state index in [2.05, 4.69) is 16.9 Å². The van der Waals surface area contributed by atoms with E-state index in [0.29, 0.717) is 11.2 Å². The van der Waals surface area contributed by atoms with Crippen LogP contribution < -0.4 is 4.90 Å². The third-order valence-corrected chi connectivity index (χ3v) is 4.83. The first-order chi connectivity index (χ1) is 9.40. The highest BCUT2D eigenvalue weighted by atomic mass is 32.1. The van der Waals surface area contributed by atoms with Gasteiger partial charge in [0.05, 0.1) is 0 Å². The molecule has 6 nitrogen and oxygen atoms in total. The lowest BCUT2D eigenvalue weighted by molar-refractivity contribution is 0.0687. The molecule has 1 saturated heterocycles. The Kier molecular flexibility index (Phi) is 4.39. The van der Waals surface area contributed by atoms with Gasteiger partial charge in [-0.2, -0.15) is 0 Å². The van der Waals surface area contributed by atoms with Crippen LogP contribution in [0.25, 0.3) is 0 Å². The van der Waals surface area contributed by atoms with Gasteiger partial charge in [-0.05, 0) is 26.4 Å². The molecule has 2 rings (SSSR count). The van der Waals surface area contributed by atoms with Crippen molar-refractivity contribution in [1.82, 2.24) is 9.88 Å². The van der Waals surface area contributed by atoms with E-state index in [1.54, 1.807) is 0 Å². The van der Waals surface area contributed by atoms with E-state index in [4.69, 9.17) is 5.11 Å². The molecule has 1 aliphatic rings. The quantitative estimate of drug-likeness (QED) is 0.851. The smallest absolute Gasteiger partial charge is 0.356 e. The molecule has 1 aliphatic heterocycles. The summed E-state index contributed by atoms with van der Waals surface area (Å²) in [5.41, 5.74) is -0.131. The van der Waals surface area contributed by atoms with Crippen LogP contribution in [0.1, 0.15) is 39.9 Å². The number of likely N-dealkylation sites (N-methyl/N-ethyl adjacent to an activating group) is 2. The Hall–Kier alpha value is -1.47. The van der Waals surface area contributed by atoms with E-state index in [1.165, 1.54) is 6.92 Å². The monoisotopic (exact) mass is 297 g/mol. The predicted octanol–water partition coefficient (Wildman–Crippen LogP) is 1.57. The lowest BCUT2D eigenvalue weighted by Gasteiger charge is -2.35. The van der Waals surface area contributed by atoms with Crippen molar-refractivity contribution < 1.29 is 14.7 Å². The van der Waals surface area contributed by atoms with Crippen LogP contribution in [0.5, 0.6) is 0 Å². The Morgan fingerprint density at radius 3 is 2.70 bits per heavy atom. The number of ketones is 1. The molecule has 0 aliphatic carbocycles. The van der Waals surface area contributed by atoms with Gasteiger partial charge in [0, 0.05) is 26.6 Å². The van der Waals surface area contributed by atoms with Crippen LogP contribution in [-0.4, -0.2) is 60.0 Å². The SMILES string of the molecule is CC(=O)c1sc(N(C)C2CCCN(C)C2)nc1C(=O)O. The second-order valence-corrected chi connectivity index (χ2v) is 6.18. The summed E-state index contributed by atoms with van der Waals surface area (Å²) in [5, 5.41) is 9.73. The summed E-state index contributed by atoms with van der Waals surface area (Å²) in [6.45, 7) is 3.38. The van der Waals surface area contributed by atoms with Crippen molar-refractivity contribution in [3.63, 3.8) is 0 Å². The zero-order chi connectivity index (χ0) is 14.9. The van der Waals surface area contributed by atoms with E-state index < -0.39 is 5.97 Å². The fraction of sp³-hybridized carbons (Fsp3) is 0.615. The molecular formula is C13H19N3O3S. The fourth-order valence-electron chi connectivity index (χ4n) is 2.45. The third kappa shape index (κ3) is 2.99. The number of nitrogens with zero attached hydrogens (tertiary/aromatic N) is 3. The first-order valence-corrected chi connectivity index (χ1v) is 7.38. The van der Waals surface area contributed by atoms with Crippen molar-refractivity contribution in [2.75, 3.05) is 32.1 Å². The fourth-order valence-corrected chi connectivity index (χ4v) is 3.44. The first kappa shape index (κ1) is 14.9. The van der Waals surface area contributed by atoms with Gasteiger partial charge in [-0.15, -0.1) is 0 Å². The van der Waals surface area contributed by atoms with Gasteiger partial charge in [0.25, 0.3) is 0 Å². The highest BCUT2D eigenvalue weighted by Crippen LogP contribution is 2.29. The van der Waals surface area contributed by atoms with Gasteiger partial charge >= 0.3 is 5.97 Å². The van der Waals surface area contributed by atoms with Crippen molar-refractivity contribution >= 4 is 28.2 Å². The molecule has 1 N–H and O–H groups in total. The number of piperidine rings is 1. The largest absolute Gasteiger partial charge is 0.476 e. The van der Waals surface area contributed by atoms with Crippen LogP contribution >= 0.6 is 11.3 Å². The Labute approximate surface area is 122 Å². The maximum atomic E-state index is 11.5. The molecule has 0 aromatic carbocycles. The summed E-state index contributed by atoms with van der Waals surface area (Å²) in [7, 11) is 3.99. The highest BCUT2D eigenvalue weighted by molar-refractivity contribution is 7.17. The molecule has 0 amide bonds. The number of Topliss-reactive ketones (excluding diaryl/α,β-unsaturated/α-hetero) is 1. The molecule has 1 atom stereocenters. The van der Waals surface area contributed by atoms with Gasteiger partial charge in [0.1, 0.15) is 4.88 Å². The molecule has 1 aromatic rings. The number of carbonyl (C=O) groups excluding carboxylic acids is 1. The number of hydrogen-bond acceptors (Lipinski definition) is 6. The summed E-state index contributed by atoms with van der Waals surface area (Å²) < 4.78 is 0. The van der Waals surface area contributed by atoms with Crippen LogP contribution in [0.3, 0.4) is 0 Å². The van der Waals surface area contributed by atoms with E-state index in [-0.39, 0.29) is 16.4 Å². The Morgan fingerprint density at radius 1 is 1.50 bits per heavy atom. The molecule has 7 heteroatoms. The maximum Gasteiger partial charge on any atom is 0.356 e. The van der Waals surface area contributed by atoms with Crippen molar-refractivity contribution in [2.24, 2.45) is 0 Å². The molecular weight excluding hydrogens is 278 g/mol. The molecule has 0 radical (unpaired) electrons. The van der Waals surface area contributed by atoms with Crippen molar-refractivity contribution in [3.05, 3.63) is 10.6 Å². The number of hydrogen-bond donors (Lipinski definition) is 1. The number of carboxylic acid groups (broad SMARTS) is 1. The highest BCUT2D eigenvalue weighted by Gasteiger charge is 2.27. The number of carbonyl (C=O) groups is 2. The number of thiazole rings is 1. The number of carboxylic acids is 1. The maximum absolute atomic E-state index is 11.5. The molecule has 1 unspecified atom stereocenters. The summed E-state index contributed by atoms with van der Waals surface area (Å²) in [6.07, 6.45) is 2.17. The summed E-state index contributed by atoms with van der Waals surface area (Å²) in [4.78, 5) is 31.3. The lowest BCUT2D eigenvalue weighted by Crippen LogP contribution is -2.45. The van der Waals surface area contributed by atoms with Crippen molar-refractivity contribution in [2.45, 2.75) is 25.8 Å². The Balaban J connectivity index is 2.25. The number of likely N-dealkylation sites (tertiary alicyclic amines) is 1. The Bertz CT molecular complexity index is 497. The molecule has 2 heterocycles. The zero-order valence-corrected chi connectivity index (χ0v) is 12.7. The summed E-state index contributed by atoms with van der Waals surface area (Å²) in [6, 6.07) is 0.307. The first-order valence-electron chi connectivity index (χ1n) is 6.56. The van der Waals surface area contributed by atoms with Crippen LogP contribution in [0, 0.1) is 0 Å². The van der Waals surface area contributed by atoms with E-state index in [1.807, 2.05) is 11.9 Å². The van der Waals surface area contributed by atoms with E-state index in [9.17, 15) is 9.59 Å². The van der Waals surface area contributed by atoms with Crippen molar-refractivity contribution in [3.8, 4) is 0 Å². The van der Waals surface area contributed by atoms with Gasteiger partial charge in [-0.1, -0.05) is 11.3 Å². The average molecular weight is 297 g/mol. The third-order valence-electron chi connectivity index (χ3n) is 3.59. The Morgan fingerprint density at radius 2 is 2.20 bits per heavy atom. The molecule has 0 bridgehead atoms. The minimum absolute atomic E-state index is 0.131. The van der Waals surface area contributed by atoms with Crippen LogP contribution in [0.4, 0.5) is 5.13 Å². The van der Waals surface area contributed by atoms with E-state index >= 15 is 0 Å². The molecule has 1 fully saturated rings. The molecule has 20 heavy (non-hydrogen) atoms. The van der Waals surface area contributed by atoms with Gasteiger partial charge < -0.3 is 14.9 Å². The number of aromatic carboxylic acids is 1. The van der Waals surface area contributed by atoms with Crippen LogP contribution in [-0.2, 0) is 0 Å². The number of anilines is 1. The molecule has 0 saturated carbocycles. The topological polar surface area (TPSA) is 73.7 Å². The van der Waals surface area contributed by atoms with Crippen molar-refractivity contribution in [1.29, 1.82) is 0 Å². The summed E-state index contributed by atoms with van der Waals surface area (Å²) >= 11 is 1.16. The molecule has 1 aromatic heterocycles. The van der Waals surface area contributed by atoms with Gasteiger partial charge in [0.15, 0.2) is 16.6 Å².